The molecule has 2 aromatic heterocycles. The zero-order valence-corrected chi connectivity index (χ0v) is 18.3. The van der Waals surface area contributed by atoms with Crippen molar-refractivity contribution < 1.29 is 9.21 Å². The molecule has 0 radical (unpaired) electrons. The fraction of sp³-hybridized carbons (Fsp3) is 0.435. The number of benzene rings is 1. The largest absolute Gasteiger partial charge is 0.461 e. The number of hydrogen-bond donors (Lipinski definition) is 0. The second-order valence-corrected chi connectivity index (χ2v) is 9.11. The number of amides is 1. The summed E-state index contributed by atoms with van der Waals surface area (Å²) in [5.41, 5.74) is 1.15. The minimum absolute atomic E-state index is 0.181. The van der Waals surface area contributed by atoms with E-state index < -0.39 is 0 Å². The molecule has 0 saturated carbocycles. The second kappa shape index (κ2) is 9.28. The Morgan fingerprint density at radius 1 is 1.06 bits per heavy atom. The summed E-state index contributed by atoms with van der Waals surface area (Å²) in [5, 5.41) is 9.48. The van der Waals surface area contributed by atoms with Crippen LogP contribution in [0.25, 0.3) is 11.6 Å². The Balaban J connectivity index is 1.27. The molecular weight excluding hydrogens is 410 g/mol. The van der Waals surface area contributed by atoms with E-state index in [-0.39, 0.29) is 5.91 Å². The minimum Gasteiger partial charge on any atom is -0.461 e. The Morgan fingerprint density at radius 2 is 1.90 bits per heavy atom. The number of carbonyl (C=O) groups is 1. The lowest BCUT2D eigenvalue weighted by Gasteiger charge is -2.23. The third kappa shape index (κ3) is 4.55. The molecule has 1 aromatic carbocycles. The van der Waals surface area contributed by atoms with Crippen LogP contribution in [0, 0.1) is 0 Å². The van der Waals surface area contributed by atoms with Gasteiger partial charge in [0.25, 0.3) is 0 Å². The average molecular weight is 438 g/mol. The van der Waals surface area contributed by atoms with Crippen molar-refractivity contribution in [2.45, 2.75) is 37.0 Å². The van der Waals surface area contributed by atoms with Gasteiger partial charge in [-0.2, -0.15) is 0 Å². The van der Waals surface area contributed by atoms with Crippen molar-refractivity contribution in [3.05, 3.63) is 54.3 Å². The Morgan fingerprint density at radius 3 is 2.68 bits per heavy atom. The van der Waals surface area contributed by atoms with Crippen molar-refractivity contribution >= 4 is 17.7 Å². The monoisotopic (exact) mass is 437 g/mol. The first-order chi connectivity index (χ1) is 15.3. The van der Waals surface area contributed by atoms with Crippen LogP contribution < -0.4 is 0 Å². The van der Waals surface area contributed by atoms with Crippen LogP contribution in [0.2, 0.25) is 0 Å². The maximum atomic E-state index is 12.9. The van der Waals surface area contributed by atoms with Crippen LogP contribution in [0.4, 0.5) is 0 Å². The van der Waals surface area contributed by atoms with Crippen molar-refractivity contribution in [2.75, 3.05) is 31.9 Å². The molecule has 5 rings (SSSR count). The molecule has 7 nitrogen and oxygen atoms in total. The van der Waals surface area contributed by atoms with E-state index in [2.05, 4.69) is 27.2 Å². The first-order valence-corrected chi connectivity index (χ1v) is 11.9. The van der Waals surface area contributed by atoms with Gasteiger partial charge in [-0.25, -0.2) is 0 Å². The van der Waals surface area contributed by atoms with Crippen LogP contribution in [0.1, 0.15) is 24.8 Å². The zero-order valence-electron chi connectivity index (χ0n) is 17.5. The van der Waals surface area contributed by atoms with Crippen molar-refractivity contribution in [3.63, 3.8) is 0 Å². The summed E-state index contributed by atoms with van der Waals surface area (Å²) >= 11 is 1.46. The predicted molar refractivity (Wildman–Crippen MR) is 120 cm³/mol. The van der Waals surface area contributed by atoms with E-state index in [4.69, 9.17) is 4.42 Å². The van der Waals surface area contributed by atoms with Gasteiger partial charge in [0, 0.05) is 19.1 Å². The van der Waals surface area contributed by atoms with Crippen LogP contribution in [0.15, 0.2) is 58.3 Å². The summed E-state index contributed by atoms with van der Waals surface area (Å²) in [4.78, 5) is 17.5. The fourth-order valence-corrected chi connectivity index (χ4v) is 5.32. The fourth-order valence-electron chi connectivity index (χ4n) is 4.48. The second-order valence-electron chi connectivity index (χ2n) is 8.17. The normalized spacial score (nSPS) is 19.4. The lowest BCUT2D eigenvalue weighted by Crippen LogP contribution is -2.37. The molecule has 1 unspecified atom stereocenters. The Labute approximate surface area is 186 Å². The molecular formula is C23H27N5O2S. The van der Waals surface area contributed by atoms with Crippen LogP contribution in [0.3, 0.4) is 0 Å². The topological polar surface area (TPSA) is 67.4 Å². The Hall–Kier alpha value is -2.58. The molecule has 2 aliphatic rings. The third-order valence-corrected chi connectivity index (χ3v) is 7.09. The van der Waals surface area contributed by atoms with Gasteiger partial charge >= 0.3 is 0 Å². The summed E-state index contributed by atoms with van der Waals surface area (Å²) in [6.07, 6.45) is 5.30. The number of carbonyl (C=O) groups excluding carboxylic acids is 1. The summed E-state index contributed by atoms with van der Waals surface area (Å²) < 4.78 is 7.60. The van der Waals surface area contributed by atoms with E-state index in [9.17, 15) is 4.79 Å². The van der Waals surface area contributed by atoms with Gasteiger partial charge < -0.3 is 9.32 Å². The van der Waals surface area contributed by atoms with Gasteiger partial charge in [0.15, 0.2) is 10.9 Å². The van der Waals surface area contributed by atoms with Gasteiger partial charge in [-0.15, -0.1) is 10.2 Å². The summed E-state index contributed by atoms with van der Waals surface area (Å²) in [5.74, 6) is 1.91. The van der Waals surface area contributed by atoms with Crippen molar-refractivity contribution in [3.8, 4) is 11.6 Å². The Kier molecular flexibility index (Phi) is 6.08. The highest BCUT2D eigenvalue weighted by atomic mass is 32.2. The van der Waals surface area contributed by atoms with E-state index in [1.165, 1.54) is 37.7 Å². The zero-order chi connectivity index (χ0) is 21.0. The van der Waals surface area contributed by atoms with E-state index >= 15 is 0 Å². The molecule has 1 amide bonds. The average Bonchev–Trinajstić information content (AvgIpc) is 3.60. The van der Waals surface area contributed by atoms with E-state index in [0.29, 0.717) is 29.9 Å². The highest BCUT2D eigenvalue weighted by Gasteiger charge is 2.31. The smallest absolute Gasteiger partial charge is 0.233 e. The Bertz CT molecular complexity index is 998. The van der Waals surface area contributed by atoms with Crippen molar-refractivity contribution in [1.29, 1.82) is 0 Å². The first kappa shape index (κ1) is 20.3. The van der Waals surface area contributed by atoms with Gasteiger partial charge in [-0.1, -0.05) is 42.1 Å². The van der Waals surface area contributed by atoms with Gasteiger partial charge in [-0.3, -0.25) is 14.3 Å². The third-order valence-electron chi connectivity index (χ3n) is 6.14. The summed E-state index contributed by atoms with van der Waals surface area (Å²) in [7, 11) is 0. The molecule has 162 valence electrons. The summed E-state index contributed by atoms with van der Waals surface area (Å²) in [6, 6.07) is 14.5. The SMILES string of the molecule is O=C(CSc1nnc(-c2ccco2)n1Cc1ccccc1)N1CCC(N2CCCC2)C1. The van der Waals surface area contributed by atoms with E-state index in [1.807, 2.05) is 39.8 Å². The molecule has 2 fully saturated rings. The molecule has 0 spiro atoms. The number of hydrogen-bond acceptors (Lipinski definition) is 6. The number of likely N-dealkylation sites (tertiary alicyclic amines) is 2. The maximum absolute atomic E-state index is 12.9. The summed E-state index contributed by atoms with van der Waals surface area (Å²) in [6.45, 7) is 4.70. The van der Waals surface area contributed by atoms with Crippen LogP contribution in [-0.4, -0.2) is 68.4 Å². The molecule has 1 atom stereocenters. The maximum Gasteiger partial charge on any atom is 0.233 e. The highest BCUT2D eigenvalue weighted by molar-refractivity contribution is 7.99. The van der Waals surface area contributed by atoms with Gasteiger partial charge in [0.05, 0.1) is 18.6 Å². The van der Waals surface area contributed by atoms with Crippen LogP contribution in [0.5, 0.6) is 0 Å². The number of aromatic nitrogens is 3. The molecule has 0 N–H and O–H groups in total. The predicted octanol–water partition coefficient (Wildman–Crippen LogP) is 3.38. The molecule has 0 aliphatic carbocycles. The standard InChI is InChI=1S/C23H27N5O2S/c29-21(27-13-10-19(16-27)26-11-4-5-12-26)17-31-23-25-24-22(20-9-6-14-30-20)28(23)15-18-7-2-1-3-8-18/h1-3,6-9,14,19H,4-5,10-13,15-17H2. The lowest BCUT2D eigenvalue weighted by atomic mass is 10.2. The highest BCUT2D eigenvalue weighted by Crippen LogP contribution is 2.27. The molecule has 31 heavy (non-hydrogen) atoms. The molecule has 4 heterocycles. The lowest BCUT2D eigenvalue weighted by molar-refractivity contribution is -0.127. The molecule has 0 bridgehead atoms. The van der Waals surface area contributed by atoms with Crippen molar-refractivity contribution in [2.24, 2.45) is 0 Å². The van der Waals surface area contributed by atoms with Gasteiger partial charge in [0.1, 0.15) is 0 Å². The van der Waals surface area contributed by atoms with E-state index in [0.717, 1.165) is 30.2 Å². The molecule has 3 aromatic rings. The number of rotatable bonds is 7. The first-order valence-electron chi connectivity index (χ1n) is 10.9. The number of thioether (sulfide) groups is 1. The number of nitrogens with zero attached hydrogens (tertiary/aromatic N) is 5. The molecule has 2 aliphatic heterocycles. The number of furan rings is 1. The molecule has 8 heteroatoms. The minimum atomic E-state index is 0.181. The molecule has 2 saturated heterocycles. The van der Waals surface area contributed by atoms with Gasteiger partial charge in [0.2, 0.25) is 11.7 Å². The van der Waals surface area contributed by atoms with Crippen LogP contribution in [-0.2, 0) is 11.3 Å². The quantitative estimate of drug-likeness (QED) is 0.528. The van der Waals surface area contributed by atoms with Gasteiger partial charge in [-0.05, 0) is 50.0 Å². The van der Waals surface area contributed by atoms with Crippen LogP contribution >= 0.6 is 11.8 Å². The van der Waals surface area contributed by atoms with E-state index in [1.54, 1.807) is 6.26 Å². The van der Waals surface area contributed by atoms with Crippen molar-refractivity contribution in [1.82, 2.24) is 24.6 Å².